The summed E-state index contributed by atoms with van der Waals surface area (Å²) < 4.78 is 4.81. The first kappa shape index (κ1) is 11.4. The first-order chi connectivity index (χ1) is 8.33. The van der Waals surface area contributed by atoms with Crippen molar-refractivity contribution in [3.05, 3.63) is 46.7 Å². The van der Waals surface area contributed by atoms with Gasteiger partial charge in [0.25, 0.3) is 0 Å². The SMILES string of the molecule is N#CCOC(=O)c1sccc1-c1ccccc1. The second-order valence-corrected chi connectivity index (χ2v) is 4.18. The molecule has 0 aliphatic rings. The third kappa shape index (κ3) is 2.52. The monoisotopic (exact) mass is 243 g/mol. The van der Waals surface area contributed by atoms with Gasteiger partial charge in [0.2, 0.25) is 0 Å². The van der Waals surface area contributed by atoms with Crippen molar-refractivity contribution in [2.45, 2.75) is 0 Å². The van der Waals surface area contributed by atoms with E-state index in [9.17, 15) is 4.79 Å². The molecule has 1 heterocycles. The molecule has 0 saturated heterocycles. The van der Waals surface area contributed by atoms with Crippen molar-refractivity contribution in [3.63, 3.8) is 0 Å². The van der Waals surface area contributed by atoms with Gasteiger partial charge < -0.3 is 4.74 Å². The predicted octanol–water partition coefficient (Wildman–Crippen LogP) is 3.10. The quantitative estimate of drug-likeness (QED) is 0.778. The molecular weight excluding hydrogens is 234 g/mol. The lowest BCUT2D eigenvalue weighted by molar-refractivity contribution is 0.0561. The van der Waals surface area contributed by atoms with E-state index < -0.39 is 5.97 Å². The zero-order valence-electron chi connectivity index (χ0n) is 8.92. The van der Waals surface area contributed by atoms with E-state index >= 15 is 0 Å². The molecule has 0 fully saturated rings. The Balaban J connectivity index is 2.30. The molecule has 1 aromatic heterocycles. The Bertz CT molecular complexity index is 554. The Morgan fingerprint density at radius 3 is 2.76 bits per heavy atom. The van der Waals surface area contributed by atoms with Gasteiger partial charge in [-0.05, 0) is 17.0 Å². The molecule has 0 amide bonds. The molecule has 0 bridgehead atoms. The van der Waals surface area contributed by atoms with Crippen LogP contribution < -0.4 is 0 Å². The Morgan fingerprint density at radius 1 is 1.29 bits per heavy atom. The maximum absolute atomic E-state index is 11.7. The van der Waals surface area contributed by atoms with Gasteiger partial charge in [-0.2, -0.15) is 5.26 Å². The molecule has 17 heavy (non-hydrogen) atoms. The minimum absolute atomic E-state index is 0.217. The van der Waals surface area contributed by atoms with Gasteiger partial charge in [0, 0.05) is 5.56 Å². The highest BCUT2D eigenvalue weighted by atomic mass is 32.1. The number of carbonyl (C=O) groups excluding carboxylic acids is 1. The van der Waals surface area contributed by atoms with Crippen molar-refractivity contribution in [3.8, 4) is 17.2 Å². The van der Waals surface area contributed by atoms with Crippen molar-refractivity contribution < 1.29 is 9.53 Å². The number of ether oxygens (including phenoxy) is 1. The molecular formula is C13H9NO2S. The van der Waals surface area contributed by atoms with Crippen LogP contribution in [0, 0.1) is 11.3 Å². The molecule has 0 saturated carbocycles. The van der Waals surface area contributed by atoms with E-state index in [-0.39, 0.29) is 6.61 Å². The number of hydrogen-bond donors (Lipinski definition) is 0. The van der Waals surface area contributed by atoms with E-state index in [1.165, 1.54) is 11.3 Å². The summed E-state index contributed by atoms with van der Waals surface area (Å²) in [5, 5.41) is 10.2. The highest BCUT2D eigenvalue weighted by Gasteiger charge is 2.15. The Hall–Kier alpha value is -2.12. The van der Waals surface area contributed by atoms with E-state index in [4.69, 9.17) is 10.00 Å². The molecule has 0 atom stereocenters. The zero-order chi connectivity index (χ0) is 12.1. The van der Waals surface area contributed by atoms with E-state index in [1.807, 2.05) is 41.8 Å². The number of nitriles is 1. The van der Waals surface area contributed by atoms with Crippen LogP contribution in [-0.4, -0.2) is 12.6 Å². The summed E-state index contributed by atoms with van der Waals surface area (Å²) in [5.74, 6) is -0.444. The molecule has 2 rings (SSSR count). The fourth-order valence-electron chi connectivity index (χ4n) is 1.48. The van der Waals surface area contributed by atoms with E-state index in [0.717, 1.165) is 11.1 Å². The molecule has 0 N–H and O–H groups in total. The number of esters is 1. The lowest BCUT2D eigenvalue weighted by Gasteiger charge is -2.02. The average molecular weight is 243 g/mol. The Labute approximate surface area is 103 Å². The first-order valence-corrected chi connectivity index (χ1v) is 5.88. The molecule has 0 unspecified atom stereocenters. The van der Waals surface area contributed by atoms with Gasteiger partial charge in [0.05, 0.1) is 0 Å². The van der Waals surface area contributed by atoms with Crippen LogP contribution in [-0.2, 0) is 4.74 Å². The fourth-order valence-corrected chi connectivity index (χ4v) is 2.28. The van der Waals surface area contributed by atoms with Crippen LogP contribution in [0.1, 0.15) is 9.67 Å². The van der Waals surface area contributed by atoms with Gasteiger partial charge in [0.15, 0.2) is 6.61 Å². The molecule has 0 aliphatic heterocycles. The number of carbonyl (C=O) groups is 1. The van der Waals surface area contributed by atoms with Gasteiger partial charge in [-0.3, -0.25) is 0 Å². The van der Waals surface area contributed by atoms with Crippen molar-refractivity contribution in [1.29, 1.82) is 5.26 Å². The Morgan fingerprint density at radius 2 is 2.06 bits per heavy atom. The number of rotatable bonds is 3. The number of thiophene rings is 1. The molecule has 0 spiro atoms. The standard InChI is InChI=1S/C13H9NO2S/c14-7-8-16-13(15)12-11(6-9-17-12)10-4-2-1-3-5-10/h1-6,9H,8H2. The van der Waals surface area contributed by atoms with Crippen molar-refractivity contribution in [1.82, 2.24) is 0 Å². The largest absolute Gasteiger partial charge is 0.446 e. The summed E-state index contributed by atoms with van der Waals surface area (Å²) in [6.45, 7) is -0.217. The third-order valence-electron chi connectivity index (χ3n) is 2.20. The van der Waals surface area contributed by atoms with Crippen molar-refractivity contribution in [2.24, 2.45) is 0 Å². The van der Waals surface area contributed by atoms with Crippen LogP contribution in [0.4, 0.5) is 0 Å². The molecule has 0 radical (unpaired) electrons. The van der Waals surface area contributed by atoms with Crippen LogP contribution >= 0.6 is 11.3 Å². The minimum atomic E-state index is -0.444. The first-order valence-electron chi connectivity index (χ1n) is 5.00. The van der Waals surface area contributed by atoms with Crippen LogP contribution in [0.5, 0.6) is 0 Å². The maximum Gasteiger partial charge on any atom is 0.349 e. The summed E-state index contributed by atoms with van der Waals surface area (Å²) in [5.41, 5.74) is 1.82. The third-order valence-corrected chi connectivity index (χ3v) is 3.10. The predicted molar refractivity (Wildman–Crippen MR) is 65.7 cm³/mol. The highest BCUT2D eigenvalue weighted by Crippen LogP contribution is 2.28. The van der Waals surface area contributed by atoms with Gasteiger partial charge >= 0.3 is 5.97 Å². The maximum atomic E-state index is 11.7. The molecule has 4 heteroatoms. The molecule has 2 aromatic rings. The summed E-state index contributed by atoms with van der Waals surface area (Å²) in [4.78, 5) is 12.2. The molecule has 3 nitrogen and oxygen atoms in total. The van der Waals surface area contributed by atoms with E-state index in [0.29, 0.717) is 4.88 Å². The minimum Gasteiger partial charge on any atom is -0.446 e. The van der Waals surface area contributed by atoms with E-state index in [2.05, 4.69) is 0 Å². The molecule has 1 aromatic carbocycles. The van der Waals surface area contributed by atoms with Gasteiger partial charge in [-0.15, -0.1) is 11.3 Å². The summed E-state index contributed by atoms with van der Waals surface area (Å²) in [6.07, 6.45) is 0. The van der Waals surface area contributed by atoms with Crippen molar-refractivity contribution >= 4 is 17.3 Å². The van der Waals surface area contributed by atoms with E-state index in [1.54, 1.807) is 6.07 Å². The lowest BCUT2D eigenvalue weighted by atomic mass is 10.1. The van der Waals surface area contributed by atoms with Crippen molar-refractivity contribution in [2.75, 3.05) is 6.61 Å². The second-order valence-electron chi connectivity index (χ2n) is 3.26. The van der Waals surface area contributed by atoms with Gasteiger partial charge in [-0.25, -0.2) is 4.79 Å². The zero-order valence-corrected chi connectivity index (χ0v) is 9.74. The number of hydrogen-bond acceptors (Lipinski definition) is 4. The second kappa shape index (κ2) is 5.28. The van der Waals surface area contributed by atoms with Crippen LogP contribution in [0.25, 0.3) is 11.1 Å². The number of benzene rings is 1. The van der Waals surface area contributed by atoms with Crippen LogP contribution in [0.2, 0.25) is 0 Å². The summed E-state index contributed by atoms with van der Waals surface area (Å²) in [7, 11) is 0. The fraction of sp³-hybridized carbons (Fsp3) is 0.0769. The summed E-state index contributed by atoms with van der Waals surface area (Å²) >= 11 is 1.32. The normalized spacial score (nSPS) is 9.59. The lowest BCUT2D eigenvalue weighted by Crippen LogP contribution is -2.04. The Kier molecular flexibility index (Phi) is 3.53. The molecule has 0 aliphatic carbocycles. The van der Waals surface area contributed by atoms with Crippen LogP contribution in [0.15, 0.2) is 41.8 Å². The smallest absolute Gasteiger partial charge is 0.349 e. The topological polar surface area (TPSA) is 50.1 Å². The van der Waals surface area contributed by atoms with Crippen LogP contribution in [0.3, 0.4) is 0 Å². The molecule has 84 valence electrons. The summed E-state index contributed by atoms with van der Waals surface area (Å²) in [6, 6.07) is 13.3. The van der Waals surface area contributed by atoms with Gasteiger partial charge in [-0.1, -0.05) is 30.3 Å². The average Bonchev–Trinajstić information content (AvgIpc) is 2.86. The highest BCUT2D eigenvalue weighted by molar-refractivity contribution is 7.12. The number of nitrogens with zero attached hydrogens (tertiary/aromatic N) is 1. The van der Waals surface area contributed by atoms with Gasteiger partial charge in [0.1, 0.15) is 10.9 Å².